The third-order valence-electron chi connectivity index (χ3n) is 3.81. The number of anilines is 1. The molecule has 1 amide bonds. The summed E-state index contributed by atoms with van der Waals surface area (Å²) in [5.74, 6) is -0.495. The summed E-state index contributed by atoms with van der Waals surface area (Å²) in [6.45, 7) is 1.98. The van der Waals surface area contributed by atoms with Crippen molar-refractivity contribution in [3.63, 3.8) is 0 Å². The van der Waals surface area contributed by atoms with Gasteiger partial charge in [0.05, 0.1) is 17.2 Å². The Balaban J connectivity index is 1.66. The average molecular weight is 463 g/mol. The summed E-state index contributed by atoms with van der Waals surface area (Å²) >= 11 is 12.4. The number of nitro benzene ring substituents is 1. The highest BCUT2D eigenvalue weighted by Gasteiger charge is 2.19. The van der Waals surface area contributed by atoms with Crippen molar-refractivity contribution in [3.05, 3.63) is 68.5 Å². The lowest BCUT2D eigenvalue weighted by Crippen LogP contribution is -2.34. The lowest BCUT2D eigenvalue weighted by Gasteiger charge is -2.09. The number of nitrogens with one attached hydrogen (secondary N) is 2. The molecule has 0 atom stereocenters. The second kappa shape index (κ2) is 9.61. The van der Waals surface area contributed by atoms with E-state index >= 15 is 0 Å². The Morgan fingerprint density at radius 1 is 1.30 bits per heavy atom. The molecule has 8 nitrogen and oxygen atoms in total. The van der Waals surface area contributed by atoms with Gasteiger partial charge in [-0.1, -0.05) is 23.7 Å². The Labute approximate surface area is 186 Å². The van der Waals surface area contributed by atoms with Crippen molar-refractivity contribution >= 4 is 57.0 Å². The van der Waals surface area contributed by atoms with Crippen LogP contribution in [0.25, 0.3) is 11.3 Å². The molecule has 1 heterocycles. The predicted octanol–water partition coefficient (Wildman–Crippen LogP) is 4.90. The minimum atomic E-state index is -0.605. The third-order valence-corrected chi connectivity index (χ3v) is 5.02. The van der Waals surface area contributed by atoms with Gasteiger partial charge in [0, 0.05) is 27.6 Å². The number of carbonyl (C=O) groups is 1. The monoisotopic (exact) mass is 462 g/mol. The molecule has 2 N–H and O–H groups in total. The van der Waals surface area contributed by atoms with E-state index in [1.807, 2.05) is 17.5 Å². The molecule has 0 bridgehead atoms. The Kier molecular flexibility index (Phi) is 6.93. The van der Waals surface area contributed by atoms with Crippen LogP contribution in [0.4, 0.5) is 10.8 Å². The maximum atomic E-state index is 12.4. The second-order valence-electron chi connectivity index (χ2n) is 5.83. The molecule has 3 rings (SSSR count). The molecule has 0 saturated heterocycles. The third kappa shape index (κ3) is 5.29. The van der Waals surface area contributed by atoms with Crippen LogP contribution in [0, 0.1) is 10.1 Å². The first-order valence-electron chi connectivity index (χ1n) is 8.62. The van der Waals surface area contributed by atoms with E-state index in [0.717, 1.165) is 17.3 Å². The van der Waals surface area contributed by atoms with E-state index in [2.05, 4.69) is 15.6 Å². The fourth-order valence-electron chi connectivity index (χ4n) is 2.47. The molecule has 0 spiro atoms. The van der Waals surface area contributed by atoms with Gasteiger partial charge in [0.25, 0.3) is 5.91 Å². The first kappa shape index (κ1) is 21.6. The zero-order valence-electron chi connectivity index (χ0n) is 15.5. The maximum Gasteiger partial charge on any atom is 0.311 e. The van der Waals surface area contributed by atoms with Gasteiger partial charge >= 0.3 is 5.69 Å². The molecular weight excluding hydrogens is 448 g/mol. The summed E-state index contributed by atoms with van der Waals surface area (Å²) in [4.78, 5) is 27.4. The molecule has 11 heteroatoms. The number of benzene rings is 2. The number of aromatic nitrogens is 1. The Bertz CT molecular complexity index is 1100. The van der Waals surface area contributed by atoms with Crippen LogP contribution in [0.15, 0.2) is 47.8 Å². The van der Waals surface area contributed by atoms with Crippen molar-refractivity contribution in [1.29, 1.82) is 0 Å². The van der Waals surface area contributed by atoms with Crippen LogP contribution >= 0.6 is 35.2 Å². The predicted molar refractivity (Wildman–Crippen MR) is 121 cm³/mol. The summed E-state index contributed by atoms with van der Waals surface area (Å²) in [6.07, 6.45) is 0. The minimum absolute atomic E-state index is 0.0218. The summed E-state index contributed by atoms with van der Waals surface area (Å²) in [5, 5.41) is 19.5. The smallest absolute Gasteiger partial charge is 0.311 e. The number of halogens is 1. The standard InChI is InChI=1S/C19H15ClN4O4S2/c1-2-28-16-8-5-12(9-15(16)24(26)27)17(25)22-18(29)23-19-21-14(10-30-19)11-3-6-13(20)7-4-11/h3-10H,2H2,1H3,(H2,21,22,23,25,29). The van der Waals surface area contributed by atoms with Crippen LogP contribution in [0.5, 0.6) is 5.75 Å². The zero-order valence-corrected chi connectivity index (χ0v) is 17.9. The molecule has 0 aliphatic heterocycles. The number of hydrogen-bond acceptors (Lipinski definition) is 7. The number of amides is 1. The summed E-state index contributed by atoms with van der Waals surface area (Å²) < 4.78 is 5.21. The van der Waals surface area contributed by atoms with Gasteiger partial charge in [-0.3, -0.25) is 20.2 Å². The van der Waals surface area contributed by atoms with Crippen molar-refractivity contribution in [2.24, 2.45) is 0 Å². The topological polar surface area (TPSA) is 106 Å². The van der Waals surface area contributed by atoms with E-state index in [4.69, 9.17) is 28.6 Å². The maximum absolute atomic E-state index is 12.4. The number of hydrogen-bond donors (Lipinski definition) is 2. The van der Waals surface area contributed by atoms with E-state index in [-0.39, 0.29) is 28.7 Å². The molecule has 30 heavy (non-hydrogen) atoms. The lowest BCUT2D eigenvalue weighted by molar-refractivity contribution is -0.385. The van der Waals surface area contributed by atoms with Crippen molar-refractivity contribution < 1.29 is 14.5 Å². The zero-order chi connectivity index (χ0) is 21.7. The van der Waals surface area contributed by atoms with Crippen molar-refractivity contribution in [2.75, 3.05) is 11.9 Å². The van der Waals surface area contributed by atoms with Gasteiger partial charge in [-0.05, 0) is 43.4 Å². The normalized spacial score (nSPS) is 10.3. The van der Waals surface area contributed by atoms with Crippen LogP contribution in [0.1, 0.15) is 17.3 Å². The highest BCUT2D eigenvalue weighted by molar-refractivity contribution is 7.80. The lowest BCUT2D eigenvalue weighted by atomic mass is 10.1. The highest BCUT2D eigenvalue weighted by Crippen LogP contribution is 2.28. The SMILES string of the molecule is CCOc1ccc(C(=O)NC(=S)Nc2nc(-c3ccc(Cl)cc3)cs2)cc1[N+](=O)[O-]. The molecule has 0 aliphatic rings. The molecule has 2 aromatic carbocycles. The molecule has 0 unspecified atom stereocenters. The minimum Gasteiger partial charge on any atom is -0.487 e. The summed E-state index contributed by atoms with van der Waals surface area (Å²) in [5.41, 5.74) is 1.40. The highest BCUT2D eigenvalue weighted by atomic mass is 35.5. The van der Waals surface area contributed by atoms with E-state index in [9.17, 15) is 14.9 Å². The fourth-order valence-corrected chi connectivity index (χ4v) is 3.57. The largest absolute Gasteiger partial charge is 0.487 e. The van der Waals surface area contributed by atoms with E-state index in [1.54, 1.807) is 19.1 Å². The fraction of sp³-hybridized carbons (Fsp3) is 0.105. The van der Waals surface area contributed by atoms with Crippen LogP contribution in [0.2, 0.25) is 5.02 Å². The van der Waals surface area contributed by atoms with E-state index < -0.39 is 10.8 Å². The molecule has 0 fully saturated rings. The van der Waals surface area contributed by atoms with Crippen molar-refractivity contribution in [1.82, 2.24) is 10.3 Å². The van der Waals surface area contributed by atoms with Crippen LogP contribution in [-0.4, -0.2) is 27.5 Å². The number of nitro groups is 1. The molecule has 1 aromatic heterocycles. The van der Waals surface area contributed by atoms with Crippen LogP contribution < -0.4 is 15.4 Å². The Hall–Kier alpha value is -3.08. The number of thiazole rings is 1. The summed E-state index contributed by atoms with van der Waals surface area (Å²) in [7, 11) is 0. The number of nitrogens with zero attached hydrogens (tertiary/aromatic N) is 2. The van der Waals surface area contributed by atoms with Crippen LogP contribution in [-0.2, 0) is 0 Å². The second-order valence-corrected chi connectivity index (χ2v) is 7.53. The van der Waals surface area contributed by atoms with Gasteiger partial charge in [0.2, 0.25) is 0 Å². The van der Waals surface area contributed by atoms with Gasteiger partial charge in [-0.15, -0.1) is 11.3 Å². The number of rotatable bonds is 6. The van der Waals surface area contributed by atoms with Crippen LogP contribution in [0.3, 0.4) is 0 Å². The quantitative estimate of drug-likeness (QED) is 0.305. The Morgan fingerprint density at radius 2 is 2.03 bits per heavy atom. The van der Waals surface area contributed by atoms with E-state index in [1.165, 1.54) is 23.5 Å². The number of ether oxygens (including phenoxy) is 1. The first-order chi connectivity index (χ1) is 14.4. The molecule has 0 aliphatic carbocycles. The molecular formula is C19H15ClN4O4S2. The van der Waals surface area contributed by atoms with Crippen molar-refractivity contribution in [3.8, 4) is 17.0 Å². The van der Waals surface area contributed by atoms with Gasteiger partial charge < -0.3 is 10.1 Å². The van der Waals surface area contributed by atoms with E-state index in [0.29, 0.717) is 10.2 Å². The summed E-state index contributed by atoms with van der Waals surface area (Å²) in [6, 6.07) is 11.2. The average Bonchev–Trinajstić information content (AvgIpc) is 3.17. The van der Waals surface area contributed by atoms with Gasteiger partial charge in [-0.25, -0.2) is 4.98 Å². The first-order valence-corrected chi connectivity index (χ1v) is 10.3. The van der Waals surface area contributed by atoms with Gasteiger partial charge in [0.1, 0.15) is 0 Å². The number of carbonyl (C=O) groups excluding carboxylic acids is 1. The molecule has 3 aromatic rings. The van der Waals surface area contributed by atoms with Gasteiger partial charge in [0.15, 0.2) is 16.0 Å². The molecule has 154 valence electrons. The van der Waals surface area contributed by atoms with Crippen molar-refractivity contribution in [2.45, 2.75) is 6.92 Å². The number of thiocarbonyl (C=S) groups is 1. The molecule has 0 radical (unpaired) electrons. The van der Waals surface area contributed by atoms with Gasteiger partial charge in [-0.2, -0.15) is 0 Å². The molecule has 0 saturated carbocycles. The Morgan fingerprint density at radius 3 is 2.70 bits per heavy atom.